The third-order valence-electron chi connectivity index (χ3n) is 7.32. The fraction of sp³-hybridized carbons (Fsp3) is 0.520. The zero-order valence-corrected chi connectivity index (χ0v) is 30.1. The molecule has 284 valence electrons. The molecule has 1 fully saturated rings. The molecule has 1 aliphatic heterocycles. The van der Waals surface area contributed by atoms with Crippen LogP contribution in [0.15, 0.2) is 23.1 Å². The van der Waals surface area contributed by atoms with E-state index >= 15 is 0 Å². The number of ether oxygens (including phenoxy) is 4. The molecule has 0 spiro atoms. The van der Waals surface area contributed by atoms with Gasteiger partial charge in [0.25, 0.3) is 11.2 Å². The minimum atomic E-state index is -5.78. The summed E-state index contributed by atoms with van der Waals surface area (Å²) in [5.41, 5.74) is 4.43. The zero-order chi connectivity index (χ0) is 38.3. The molecule has 0 saturated carbocycles. The number of methoxy groups -OCH3 is 2. The molecule has 6 atom stereocenters. The molecular weight excluding hydrogens is 751 g/mol. The number of aliphatic hydroxyl groups is 1. The molecule has 4 rings (SSSR count). The Bertz CT molecular complexity index is 1990. The van der Waals surface area contributed by atoms with Crippen molar-refractivity contribution >= 4 is 46.1 Å². The lowest BCUT2D eigenvalue weighted by Crippen LogP contribution is -2.26. The van der Waals surface area contributed by atoms with Gasteiger partial charge in [-0.2, -0.15) is 13.6 Å². The van der Waals surface area contributed by atoms with Gasteiger partial charge < -0.3 is 53.9 Å². The summed E-state index contributed by atoms with van der Waals surface area (Å²) in [5, 5.41) is 22.8. The fourth-order valence-electron chi connectivity index (χ4n) is 5.32. The van der Waals surface area contributed by atoms with Crippen molar-refractivity contribution in [2.75, 3.05) is 26.6 Å². The number of nitrogens with two attached hydrogens (primary N) is 1. The van der Waals surface area contributed by atoms with Crippen molar-refractivity contribution in [2.45, 2.75) is 58.3 Å². The maximum Gasteiger partial charge on any atom is 0.490 e. The first-order chi connectivity index (χ1) is 23.4. The van der Waals surface area contributed by atoms with E-state index < -0.39 is 70.5 Å². The summed E-state index contributed by atoms with van der Waals surface area (Å²) in [6.07, 6.45) is -3.69. The molecule has 1 saturated heterocycles. The van der Waals surface area contributed by atoms with Gasteiger partial charge in [0.2, 0.25) is 5.95 Å². The second kappa shape index (κ2) is 15.0. The van der Waals surface area contributed by atoms with E-state index in [1.165, 1.54) is 37.1 Å². The van der Waals surface area contributed by atoms with Gasteiger partial charge in [0, 0.05) is 18.2 Å². The molecule has 3 unspecified atom stereocenters. The molecule has 8 N–H and O–H groups in total. The Morgan fingerprint density at radius 3 is 2.31 bits per heavy atom. The van der Waals surface area contributed by atoms with Crippen molar-refractivity contribution in [1.82, 2.24) is 14.5 Å². The van der Waals surface area contributed by atoms with Crippen LogP contribution in [0.2, 0.25) is 0 Å². The Morgan fingerprint density at radius 2 is 1.75 bits per heavy atom. The minimum Gasteiger partial charge on any atom is -0.493 e. The number of nitro groups is 1. The van der Waals surface area contributed by atoms with Crippen molar-refractivity contribution in [1.29, 1.82) is 0 Å². The van der Waals surface area contributed by atoms with Crippen LogP contribution in [0.5, 0.6) is 11.5 Å². The third-order valence-corrected chi connectivity index (χ3v) is 11.1. The highest BCUT2D eigenvalue weighted by Gasteiger charge is 2.43. The van der Waals surface area contributed by atoms with E-state index in [4.69, 9.17) is 34.5 Å². The van der Waals surface area contributed by atoms with Crippen molar-refractivity contribution in [3.8, 4) is 11.5 Å². The van der Waals surface area contributed by atoms with E-state index in [9.17, 15) is 43.5 Å². The van der Waals surface area contributed by atoms with Gasteiger partial charge in [0.05, 0.1) is 61.6 Å². The van der Waals surface area contributed by atoms with Crippen LogP contribution < -0.4 is 20.8 Å². The van der Waals surface area contributed by atoms with E-state index in [0.717, 1.165) is 0 Å². The van der Waals surface area contributed by atoms with Gasteiger partial charge >= 0.3 is 23.5 Å². The number of hydrogen-bond donors (Lipinski definition) is 7. The van der Waals surface area contributed by atoms with Crippen LogP contribution in [-0.4, -0.2) is 77.2 Å². The van der Waals surface area contributed by atoms with Crippen molar-refractivity contribution in [3.05, 3.63) is 49.9 Å². The number of anilines is 1. The van der Waals surface area contributed by atoms with E-state index in [1.807, 2.05) is 0 Å². The lowest BCUT2D eigenvalue weighted by molar-refractivity contribution is -0.386. The van der Waals surface area contributed by atoms with Gasteiger partial charge in [-0.05, 0) is 11.5 Å². The second-order valence-electron chi connectivity index (χ2n) is 12.1. The van der Waals surface area contributed by atoms with E-state index in [2.05, 4.69) is 23.1 Å². The van der Waals surface area contributed by atoms with Crippen LogP contribution in [0.25, 0.3) is 11.0 Å². The Balaban J connectivity index is 1.63. The minimum absolute atomic E-state index is 0.00604. The first-order valence-electron chi connectivity index (χ1n) is 14.5. The van der Waals surface area contributed by atoms with Gasteiger partial charge in [-0.25, -0.2) is 13.7 Å². The lowest BCUT2D eigenvalue weighted by Gasteiger charge is -2.31. The molecule has 26 heteroatoms. The van der Waals surface area contributed by atoms with E-state index in [1.54, 1.807) is 20.8 Å². The smallest absolute Gasteiger partial charge is 0.490 e. The van der Waals surface area contributed by atoms with E-state index in [-0.39, 0.29) is 58.3 Å². The molecule has 23 nitrogen and oxygen atoms in total. The monoisotopic (exact) mass is 787 g/mol. The number of nitrogen functional groups attached to an aromatic ring is 1. The average Bonchev–Trinajstić information content (AvgIpc) is 3.52. The van der Waals surface area contributed by atoms with Crippen molar-refractivity contribution in [3.63, 3.8) is 0 Å². The highest BCUT2D eigenvalue weighted by molar-refractivity contribution is 7.66. The number of hydrogen-bond acceptors (Lipinski definition) is 16. The standard InChI is InChI=1S/C25H36N5O18P3/c1-25(2,3)21(13-6-16(42-4)17(43-5)7-14(13)30(33)34)44-10-12-9-29(22-20(12)23(32)28-24(26)27-22)19-8-15(31)18(46-19)11-45-50(38,39)48-51(40,41)47-49(35,36)37/h6-7,9,15,18-19,21,31H,8,10-11H2,1-5H3,(H,38,39)(H,40,41)(H2,35,36,37)(H3,26,27,28,32)/t15-,18-,19-,21?/m1/s1. The van der Waals surface area contributed by atoms with Gasteiger partial charge in [0.1, 0.15) is 12.3 Å². The molecule has 0 aliphatic carbocycles. The zero-order valence-electron chi connectivity index (χ0n) is 27.5. The fourth-order valence-corrected chi connectivity index (χ4v) is 8.35. The van der Waals surface area contributed by atoms with Gasteiger partial charge in [0.15, 0.2) is 17.1 Å². The first kappa shape index (κ1) is 40.5. The SMILES string of the molecule is COc1cc(C(OCc2cn([C@H]3C[C@@H](O)[C@@H](COP(=O)(O)OP(=O)(O)OP(=O)(O)O)O3)c3nc(N)[nH]c(=O)c23)C(C)(C)C)c([N+](=O)[O-])cc1OC. The molecule has 0 radical (unpaired) electrons. The van der Waals surface area contributed by atoms with Gasteiger partial charge in [-0.1, -0.05) is 20.8 Å². The molecule has 0 amide bonds. The summed E-state index contributed by atoms with van der Waals surface area (Å²) >= 11 is 0. The number of nitrogens with one attached hydrogen (secondary N) is 1. The normalized spacial score (nSPS) is 21.3. The number of aliphatic hydroxyl groups excluding tert-OH is 1. The molecule has 1 aliphatic rings. The summed E-state index contributed by atoms with van der Waals surface area (Å²) in [6, 6.07) is 2.64. The van der Waals surface area contributed by atoms with Crippen LogP contribution in [-0.2, 0) is 42.9 Å². The Labute approximate surface area is 287 Å². The van der Waals surface area contributed by atoms with Crippen LogP contribution in [0, 0.1) is 15.5 Å². The summed E-state index contributed by atoms with van der Waals surface area (Å²) in [4.78, 5) is 67.8. The maximum absolute atomic E-state index is 13.2. The third kappa shape index (κ3) is 9.79. The quantitative estimate of drug-likeness (QED) is 0.0661. The van der Waals surface area contributed by atoms with Crippen molar-refractivity contribution < 1.29 is 75.4 Å². The molecule has 2 aromatic heterocycles. The Morgan fingerprint density at radius 1 is 1.12 bits per heavy atom. The largest absolute Gasteiger partial charge is 0.493 e. The number of nitrogens with zero attached hydrogens (tertiary/aromatic N) is 3. The number of aromatic amines is 1. The van der Waals surface area contributed by atoms with Crippen LogP contribution in [0.3, 0.4) is 0 Å². The summed E-state index contributed by atoms with van der Waals surface area (Å²) in [6.45, 7) is 4.10. The predicted molar refractivity (Wildman–Crippen MR) is 172 cm³/mol. The molecule has 3 heterocycles. The van der Waals surface area contributed by atoms with Crippen LogP contribution >= 0.6 is 23.5 Å². The second-order valence-corrected chi connectivity index (χ2v) is 16.5. The number of fused-ring (bicyclic) bond motifs is 1. The molecule has 1 aromatic carbocycles. The van der Waals surface area contributed by atoms with Gasteiger partial charge in [-0.15, -0.1) is 0 Å². The van der Waals surface area contributed by atoms with Gasteiger partial charge in [-0.3, -0.25) is 24.4 Å². The Hall–Kier alpha value is -3.27. The molecule has 0 bridgehead atoms. The average molecular weight is 788 g/mol. The highest BCUT2D eigenvalue weighted by Crippen LogP contribution is 2.66. The van der Waals surface area contributed by atoms with Crippen LogP contribution in [0.4, 0.5) is 11.6 Å². The molecule has 3 aromatic rings. The predicted octanol–water partition coefficient (Wildman–Crippen LogP) is 2.53. The summed E-state index contributed by atoms with van der Waals surface area (Å²) < 4.78 is 70.6. The number of nitro benzene ring substituents is 1. The number of rotatable bonds is 15. The van der Waals surface area contributed by atoms with Crippen LogP contribution in [0.1, 0.15) is 50.7 Å². The van der Waals surface area contributed by atoms with Crippen molar-refractivity contribution in [2.24, 2.45) is 5.41 Å². The van der Waals surface area contributed by atoms with E-state index in [0.29, 0.717) is 0 Å². The molecule has 51 heavy (non-hydrogen) atoms. The molecular formula is C25H36N5O18P3. The number of aromatic nitrogens is 3. The Kier molecular flexibility index (Phi) is 11.9. The number of phosphoric ester groups is 1. The lowest BCUT2D eigenvalue weighted by atomic mass is 9.83. The number of benzene rings is 1. The highest BCUT2D eigenvalue weighted by atomic mass is 31.3. The first-order valence-corrected chi connectivity index (χ1v) is 19.0. The summed E-state index contributed by atoms with van der Waals surface area (Å²) in [5.74, 6) is 0.0525. The number of H-pyrrole nitrogens is 1. The summed E-state index contributed by atoms with van der Waals surface area (Å²) in [7, 11) is -14.2. The maximum atomic E-state index is 13.2. The number of phosphoric acid groups is 3. The topological polar surface area (TPSA) is 337 Å².